The minimum atomic E-state index is -0.146. The number of aromatic nitrogens is 3. The lowest BCUT2D eigenvalue weighted by Gasteiger charge is -2.07. The molecule has 0 atom stereocenters. The van der Waals surface area contributed by atoms with Gasteiger partial charge in [-0.2, -0.15) is 0 Å². The summed E-state index contributed by atoms with van der Waals surface area (Å²) in [5.41, 5.74) is 3.13. The third kappa shape index (κ3) is 4.31. The first-order chi connectivity index (χ1) is 14.5. The average molecular weight is 420 g/mol. The zero-order chi connectivity index (χ0) is 21.1. The molecule has 4 rings (SSSR count). The van der Waals surface area contributed by atoms with Gasteiger partial charge in [-0.1, -0.05) is 29.8 Å². The molecule has 8 heteroatoms. The third-order valence-corrected chi connectivity index (χ3v) is 4.70. The van der Waals surface area contributed by atoms with E-state index in [9.17, 15) is 9.59 Å². The number of hydrogen-bond donors (Lipinski definition) is 2. The van der Waals surface area contributed by atoms with E-state index >= 15 is 0 Å². The van der Waals surface area contributed by atoms with E-state index in [2.05, 4.69) is 20.8 Å². The van der Waals surface area contributed by atoms with Crippen LogP contribution < -0.4 is 10.6 Å². The standard InChI is InChI=1S/C22H18ClN5O2/c1-14(29)24-16-6-8-17(9-7-16)25-22(30)12-15-13-28(19-5-3-2-4-18(15)19)21-11-10-20(23)26-27-21/h2-11,13H,12H2,1H3,(H,24,29)(H,25,30). The minimum Gasteiger partial charge on any atom is -0.326 e. The van der Waals surface area contributed by atoms with Gasteiger partial charge in [0.05, 0.1) is 11.9 Å². The maximum atomic E-state index is 12.6. The Bertz CT molecular complexity index is 1220. The van der Waals surface area contributed by atoms with Crippen molar-refractivity contribution in [3.8, 4) is 5.82 Å². The number of nitrogens with one attached hydrogen (secondary N) is 2. The van der Waals surface area contributed by atoms with E-state index in [0.717, 1.165) is 16.5 Å². The van der Waals surface area contributed by atoms with Crippen molar-refractivity contribution in [1.29, 1.82) is 0 Å². The summed E-state index contributed by atoms with van der Waals surface area (Å²) in [7, 11) is 0. The Morgan fingerprint density at radius 2 is 1.63 bits per heavy atom. The second-order valence-electron chi connectivity index (χ2n) is 6.74. The molecule has 0 saturated heterocycles. The summed E-state index contributed by atoms with van der Waals surface area (Å²) in [6.45, 7) is 1.45. The summed E-state index contributed by atoms with van der Waals surface area (Å²) in [5, 5.41) is 14.9. The molecule has 2 amide bonds. The number of para-hydroxylation sites is 1. The van der Waals surface area contributed by atoms with Crippen molar-refractivity contribution >= 4 is 45.7 Å². The van der Waals surface area contributed by atoms with Crippen LogP contribution in [0.25, 0.3) is 16.7 Å². The maximum absolute atomic E-state index is 12.6. The van der Waals surface area contributed by atoms with Crippen molar-refractivity contribution in [2.24, 2.45) is 0 Å². The molecule has 0 aliphatic heterocycles. The number of nitrogens with zero attached hydrogens (tertiary/aromatic N) is 3. The van der Waals surface area contributed by atoms with Gasteiger partial charge in [0.25, 0.3) is 0 Å². The van der Waals surface area contributed by atoms with Crippen molar-refractivity contribution in [3.05, 3.63) is 77.6 Å². The molecule has 2 aromatic heterocycles. The summed E-state index contributed by atoms with van der Waals surface area (Å²) < 4.78 is 1.89. The van der Waals surface area contributed by atoms with Crippen molar-refractivity contribution in [2.75, 3.05) is 10.6 Å². The number of benzene rings is 2. The summed E-state index contributed by atoms with van der Waals surface area (Å²) in [6.07, 6.45) is 2.09. The van der Waals surface area contributed by atoms with E-state index in [1.54, 1.807) is 36.4 Å². The second kappa shape index (κ2) is 8.34. The highest BCUT2D eigenvalue weighted by Gasteiger charge is 2.14. The number of fused-ring (bicyclic) bond motifs is 1. The number of rotatable bonds is 5. The maximum Gasteiger partial charge on any atom is 0.228 e. The Kier molecular flexibility index (Phi) is 5.45. The molecule has 0 radical (unpaired) electrons. The second-order valence-corrected chi connectivity index (χ2v) is 7.13. The van der Waals surface area contributed by atoms with Crippen LogP contribution in [0.2, 0.25) is 5.15 Å². The largest absolute Gasteiger partial charge is 0.326 e. The SMILES string of the molecule is CC(=O)Nc1ccc(NC(=O)Cc2cn(-c3ccc(Cl)nn3)c3ccccc23)cc1. The first-order valence-electron chi connectivity index (χ1n) is 9.26. The number of anilines is 2. The number of halogens is 1. The van der Waals surface area contributed by atoms with Crippen LogP contribution in [0.5, 0.6) is 0 Å². The Morgan fingerprint density at radius 3 is 2.30 bits per heavy atom. The minimum absolute atomic E-state index is 0.145. The van der Waals surface area contributed by atoms with Gasteiger partial charge in [0.1, 0.15) is 0 Å². The summed E-state index contributed by atoms with van der Waals surface area (Å²) in [6, 6.07) is 18.2. The molecule has 30 heavy (non-hydrogen) atoms. The van der Waals surface area contributed by atoms with Gasteiger partial charge in [0.2, 0.25) is 11.8 Å². The predicted octanol–water partition coefficient (Wildman–Crippen LogP) is 4.21. The Morgan fingerprint density at radius 1 is 0.933 bits per heavy atom. The third-order valence-electron chi connectivity index (χ3n) is 4.50. The molecule has 0 saturated carbocycles. The number of hydrogen-bond acceptors (Lipinski definition) is 4. The highest BCUT2D eigenvalue weighted by atomic mass is 35.5. The van der Waals surface area contributed by atoms with E-state index in [4.69, 9.17) is 11.6 Å². The van der Waals surface area contributed by atoms with E-state index in [-0.39, 0.29) is 18.2 Å². The lowest BCUT2D eigenvalue weighted by molar-refractivity contribution is -0.116. The van der Waals surface area contributed by atoms with Gasteiger partial charge in [-0.25, -0.2) is 0 Å². The quantitative estimate of drug-likeness (QED) is 0.507. The van der Waals surface area contributed by atoms with Crippen molar-refractivity contribution in [3.63, 3.8) is 0 Å². The van der Waals surface area contributed by atoms with Crippen LogP contribution in [0, 0.1) is 0 Å². The lowest BCUT2D eigenvalue weighted by Crippen LogP contribution is -2.14. The van der Waals surface area contributed by atoms with Gasteiger partial charge >= 0.3 is 0 Å². The van der Waals surface area contributed by atoms with Gasteiger partial charge in [0, 0.05) is 29.9 Å². The summed E-state index contributed by atoms with van der Waals surface area (Å²) >= 11 is 5.85. The van der Waals surface area contributed by atoms with Gasteiger partial charge in [-0.05, 0) is 48.0 Å². The van der Waals surface area contributed by atoms with E-state index in [1.165, 1.54) is 6.92 Å². The molecule has 0 fully saturated rings. The molecule has 0 aliphatic rings. The van der Waals surface area contributed by atoms with Gasteiger partial charge < -0.3 is 10.6 Å². The smallest absolute Gasteiger partial charge is 0.228 e. The van der Waals surface area contributed by atoms with Crippen molar-refractivity contribution in [1.82, 2.24) is 14.8 Å². The average Bonchev–Trinajstić information content (AvgIpc) is 3.08. The van der Waals surface area contributed by atoms with Gasteiger partial charge in [-0.15, -0.1) is 10.2 Å². The molecular weight excluding hydrogens is 402 g/mol. The van der Waals surface area contributed by atoms with Crippen LogP contribution in [0.15, 0.2) is 66.9 Å². The lowest BCUT2D eigenvalue weighted by atomic mass is 10.1. The molecule has 0 spiro atoms. The molecule has 4 aromatic rings. The fraction of sp³-hybridized carbons (Fsp3) is 0.0909. The van der Waals surface area contributed by atoms with Crippen LogP contribution in [-0.4, -0.2) is 26.6 Å². The van der Waals surface area contributed by atoms with Crippen molar-refractivity contribution in [2.45, 2.75) is 13.3 Å². The topological polar surface area (TPSA) is 88.9 Å². The van der Waals surface area contributed by atoms with E-state index < -0.39 is 0 Å². The van der Waals surface area contributed by atoms with Crippen LogP contribution in [-0.2, 0) is 16.0 Å². The monoisotopic (exact) mass is 419 g/mol. The van der Waals surface area contributed by atoms with Crippen LogP contribution in [0.4, 0.5) is 11.4 Å². The molecule has 0 unspecified atom stereocenters. The van der Waals surface area contributed by atoms with Gasteiger partial charge in [0.15, 0.2) is 11.0 Å². The molecule has 2 N–H and O–H groups in total. The first-order valence-corrected chi connectivity index (χ1v) is 9.63. The zero-order valence-electron chi connectivity index (χ0n) is 16.1. The molecule has 2 heterocycles. The number of carbonyl (C=O) groups is 2. The van der Waals surface area contributed by atoms with E-state index in [0.29, 0.717) is 22.3 Å². The van der Waals surface area contributed by atoms with Gasteiger partial charge in [-0.3, -0.25) is 14.2 Å². The fourth-order valence-electron chi connectivity index (χ4n) is 3.24. The molecule has 0 bridgehead atoms. The fourth-order valence-corrected chi connectivity index (χ4v) is 3.34. The molecule has 7 nitrogen and oxygen atoms in total. The zero-order valence-corrected chi connectivity index (χ0v) is 16.8. The summed E-state index contributed by atoms with van der Waals surface area (Å²) in [4.78, 5) is 23.8. The molecular formula is C22H18ClN5O2. The van der Waals surface area contributed by atoms with E-state index in [1.807, 2.05) is 35.0 Å². The Hall–Kier alpha value is -3.71. The number of carbonyl (C=O) groups excluding carboxylic acids is 2. The Labute approximate surface area is 177 Å². The Balaban J connectivity index is 1.55. The molecule has 0 aliphatic carbocycles. The highest BCUT2D eigenvalue weighted by Crippen LogP contribution is 2.25. The van der Waals surface area contributed by atoms with Crippen LogP contribution in [0.3, 0.4) is 0 Å². The number of amides is 2. The normalized spacial score (nSPS) is 10.7. The van der Waals surface area contributed by atoms with Crippen molar-refractivity contribution < 1.29 is 9.59 Å². The molecule has 2 aromatic carbocycles. The summed E-state index contributed by atoms with van der Waals surface area (Å²) in [5.74, 6) is 0.330. The first kappa shape index (κ1) is 19.6. The predicted molar refractivity (Wildman–Crippen MR) is 117 cm³/mol. The van der Waals surface area contributed by atoms with Crippen LogP contribution >= 0.6 is 11.6 Å². The van der Waals surface area contributed by atoms with Crippen LogP contribution in [0.1, 0.15) is 12.5 Å². The highest BCUT2D eigenvalue weighted by molar-refractivity contribution is 6.29. The molecule has 150 valence electrons.